The minimum atomic E-state index is 0.0791. The first kappa shape index (κ1) is 17.2. The lowest BCUT2D eigenvalue weighted by Gasteiger charge is -2.25. The van der Waals surface area contributed by atoms with Gasteiger partial charge in [0.15, 0.2) is 5.13 Å². The topological polar surface area (TPSA) is 74.5 Å². The molecule has 0 aliphatic carbocycles. The van der Waals surface area contributed by atoms with Crippen LogP contribution in [0.5, 0.6) is 0 Å². The Morgan fingerprint density at radius 3 is 2.91 bits per heavy atom. The Balaban J connectivity index is 1.79. The van der Waals surface area contributed by atoms with Crippen LogP contribution in [0.1, 0.15) is 18.5 Å². The van der Waals surface area contributed by atoms with Crippen molar-refractivity contribution in [3.63, 3.8) is 0 Å². The van der Waals surface area contributed by atoms with Gasteiger partial charge in [0.25, 0.3) is 0 Å². The molecule has 1 amide bonds. The van der Waals surface area contributed by atoms with Gasteiger partial charge in [0.2, 0.25) is 5.91 Å². The van der Waals surface area contributed by atoms with Gasteiger partial charge in [0.1, 0.15) is 0 Å². The third-order valence-electron chi connectivity index (χ3n) is 4.25. The van der Waals surface area contributed by atoms with E-state index in [2.05, 4.69) is 41.2 Å². The van der Waals surface area contributed by atoms with Crippen molar-refractivity contribution in [1.29, 1.82) is 0 Å². The minimum absolute atomic E-state index is 0.0791. The van der Waals surface area contributed by atoms with Crippen molar-refractivity contribution in [2.45, 2.75) is 25.3 Å². The molecule has 2 heterocycles. The first-order valence-electron chi connectivity index (χ1n) is 7.78. The predicted octanol–water partition coefficient (Wildman–Crippen LogP) is 0.656. The van der Waals surface area contributed by atoms with Gasteiger partial charge in [-0.15, -0.1) is 11.3 Å². The second-order valence-corrected chi connectivity index (χ2v) is 7.22. The maximum atomic E-state index is 12.4. The average Bonchev–Trinajstić information content (AvgIpc) is 2.75. The van der Waals surface area contributed by atoms with E-state index in [-0.39, 0.29) is 11.8 Å². The van der Waals surface area contributed by atoms with Crippen molar-refractivity contribution < 1.29 is 4.79 Å². The molecule has 1 aromatic rings. The fourth-order valence-electron chi connectivity index (χ4n) is 2.92. The summed E-state index contributed by atoms with van der Waals surface area (Å²) in [6, 6.07) is 0.529. The summed E-state index contributed by atoms with van der Waals surface area (Å²) in [5.74, 6) is 0.241. The Bertz CT molecular complexity index is 490. The highest BCUT2D eigenvalue weighted by Crippen LogP contribution is 2.18. The number of nitrogens with zero attached hydrogens (tertiary/aromatic N) is 3. The molecule has 0 spiro atoms. The number of nitrogen functional groups attached to an aromatic ring is 1. The number of likely N-dealkylation sites (tertiary alicyclic amines) is 1. The fourth-order valence-corrected chi connectivity index (χ4v) is 3.52. The number of nitrogens with two attached hydrogens (primary N) is 1. The van der Waals surface area contributed by atoms with Gasteiger partial charge >= 0.3 is 0 Å². The van der Waals surface area contributed by atoms with Gasteiger partial charge in [-0.05, 0) is 34.0 Å². The van der Waals surface area contributed by atoms with Crippen LogP contribution in [-0.4, -0.2) is 67.5 Å². The van der Waals surface area contributed by atoms with Crippen LogP contribution in [0.2, 0.25) is 0 Å². The van der Waals surface area contributed by atoms with E-state index < -0.39 is 0 Å². The molecule has 7 heteroatoms. The van der Waals surface area contributed by atoms with Crippen LogP contribution in [-0.2, 0) is 11.2 Å². The maximum Gasteiger partial charge on any atom is 0.224 e. The number of thiazole rings is 1. The van der Waals surface area contributed by atoms with Crippen molar-refractivity contribution >= 4 is 22.4 Å². The van der Waals surface area contributed by atoms with E-state index in [1.165, 1.54) is 11.3 Å². The molecule has 0 aromatic carbocycles. The number of anilines is 1. The summed E-state index contributed by atoms with van der Waals surface area (Å²) in [6.07, 6.45) is 2.75. The Morgan fingerprint density at radius 2 is 2.27 bits per heavy atom. The lowest BCUT2D eigenvalue weighted by Crippen LogP contribution is -2.39. The van der Waals surface area contributed by atoms with Crippen LogP contribution >= 0.6 is 11.3 Å². The zero-order valence-corrected chi connectivity index (χ0v) is 14.5. The number of carbonyl (C=O) groups excluding carboxylic acids is 1. The molecule has 1 aliphatic heterocycles. The van der Waals surface area contributed by atoms with E-state index in [4.69, 9.17) is 5.73 Å². The number of aromatic nitrogens is 1. The van der Waals surface area contributed by atoms with Gasteiger partial charge in [-0.3, -0.25) is 4.79 Å². The first-order valence-corrected chi connectivity index (χ1v) is 8.66. The quantitative estimate of drug-likeness (QED) is 0.832. The number of hydrogen-bond donors (Lipinski definition) is 2. The van der Waals surface area contributed by atoms with Crippen molar-refractivity contribution in [3.05, 3.63) is 11.1 Å². The number of rotatable bonds is 5. The Labute approximate surface area is 136 Å². The first-order chi connectivity index (χ1) is 10.5. The van der Waals surface area contributed by atoms with Crippen molar-refractivity contribution in [1.82, 2.24) is 20.1 Å². The van der Waals surface area contributed by atoms with Gasteiger partial charge in [0.05, 0.1) is 11.6 Å². The van der Waals surface area contributed by atoms with Gasteiger partial charge in [-0.1, -0.05) is 0 Å². The average molecular weight is 325 g/mol. The zero-order valence-electron chi connectivity index (χ0n) is 13.7. The van der Waals surface area contributed by atoms with E-state index in [1.807, 2.05) is 5.38 Å². The monoisotopic (exact) mass is 325 g/mol. The van der Waals surface area contributed by atoms with E-state index in [1.54, 1.807) is 0 Å². The highest BCUT2D eigenvalue weighted by Gasteiger charge is 2.27. The number of nitrogens with one attached hydrogen (secondary N) is 1. The maximum absolute atomic E-state index is 12.4. The minimum Gasteiger partial charge on any atom is -0.375 e. The summed E-state index contributed by atoms with van der Waals surface area (Å²) in [6.45, 7) is 2.48. The van der Waals surface area contributed by atoms with E-state index in [0.717, 1.165) is 38.0 Å². The van der Waals surface area contributed by atoms with Gasteiger partial charge in [-0.25, -0.2) is 4.98 Å². The van der Waals surface area contributed by atoms with Gasteiger partial charge in [-0.2, -0.15) is 0 Å². The predicted molar refractivity (Wildman–Crippen MR) is 90.9 cm³/mol. The van der Waals surface area contributed by atoms with Crippen LogP contribution in [0, 0.1) is 5.92 Å². The molecule has 1 aromatic heterocycles. The molecule has 1 saturated heterocycles. The molecule has 0 bridgehead atoms. The summed E-state index contributed by atoms with van der Waals surface area (Å²) in [5, 5.41) is 5.58. The highest BCUT2D eigenvalue weighted by molar-refractivity contribution is 7.13. The standard InChI is InChI=1S/C15H27N5OS/c1-19(2)13-5-4-11(8-20(3)9-13)14(21)17-7-6-12-10-22-15(16)18-12/h10-11,13H,4-9H2,1-3H3,(H2,16,18)(H,17,21)/t11-,13+/m1/s1. The molecular weight excluding hydrogens is 298 g/mol. The Kier molecular flexibility index (Phi) is 6.16. The molecule has 2 atom stereocenters. The highest BCUT2D eigenvalue weighted by atomic mass is 32.1. The van der Waals surface area contributed by atoms with E-state index >= 15 is 0 Å². The number of amides is 1. The van der Waals surface area contributed by atoms with E-state index in [0.29, 0.717) is 17.7 Å². The molecule has 6 nitrogen and oxygen atoms in total. The molecule has 0 unspecified atom stereocenters. The van der Waals surface area contributed by atoms with Crippen LogP contribution < -0.4 is 11.1 Å². The summed E-state index contributed by atoms with van der Waals surface area (Å²) in [4.78, 5) is 21.1. The SMILES string of the molecule is CN1C[C@H](C(=O)NCCc2csc(N)n2)CC[C@H](N(C)C)C1. The molecular formula is C15H27N5OS. The lowest BCUT2D eigenvalue weighted by atomic mass is 10.0. The smallest absolute Gasteiger partial charge is 0.224 e. The second-order valence-electron chi connectivity index (χ2n) is 6.33. The summed E-state index contributed by atoms with van der Waals surface area (Å²) < 4.78 is 0. The van der Waals surface area contributed by atoms with Crippen LogP contribution in [0.15, 0.2) is 5.38 Å². The van der Waals surface area contributed by atoms with Gasteiger partial charge < -0.3 is 20.9 Å². The summed E-state index contributed by atoms with van der Waals surface area (Å²) in [7, 11) is 6.32. The second kappa shape index (κ2) is 7.89. The van der Waals surface area contributed by atoms with Crippen molar-refractivity contribution in [2.75, 3.05) is 46.5 Å². The number of carbonyl (C=O) groups is 1. The summed E-state index contributed by atoms with van der Waals surface area (Å²) >= 11 is 1.44. The molecule has 22 heavy (non-hydrogen) atoms. The Morgan fingerprint density at radius 1 is 1.50 bits per heavy atom. The fraction of sp³-hybridized carbons (Fsp3) is 0.733. The lowest BCUT2D eigenvalue weighted by molar-refractivity contribution is -0.125. The molecule has 2 rings (SSSR count). The molecule has 0 saturated carbocycles. The van der Waals surface area contributed by atoms with Crippen molar-refractivity contribution in [2.24, 2.45) is 5.92 Å². The molecule has 1 aliphatic rings. The zero-order chi connectivity index (χ0) is 16.1. The third kappa shape index (κ3) is 4.93. The van der Waals surface area contributed by atoms with Gasteiger partial charge in [0, 0.05) is 37.5 Å². The van der Waals surface area contributed by atoms with E-state index in [9.17, 15) is 4.79 Å². The molecule has 1 fully saturated rings. The van der Waals surface area contributed by atoms with Crippen molar-refractivity contribution in [3.8, 4) is 0 Å². The third-order valence-corrected chi connectivity index (χ3v) is 4.98. The number of likely N-dealkylation sites (N-methyl/N-ethyl adjacent to an activating group) is 2. The Hall–Kier alpha value is -1.18. The normalized spacial score (nSPS) is 23.5. The molecule has 3 N–H and O–H groups in total. The van der Waals surface area contributed by atoms with Crippen LogP contribution in [0.25, 0.3) is 0 Å². The molecule has 0 radical (unpaired) electrons. The summed E-state index contributed by atoms with van der Waals surface area (Å²) in [5.41, 5.74) is 6.56. The van der Waals surface area contributed by atoms with Crippen LogP contribution in [0.4, 0.5) is 5.13 Å². The molecule has 124 valence electrons. The van der Waals surface area contributed by atoms with Crippen LogP contribution in [0.3, 0.4) is 0 Å². The number of hydrogen-bond acceptors (Lipinski definition) is 6. The largest absolute Gasteiger partial charge is 0.375 e.